The highest BCUT2D eigenvalue weighted by Crippen LogP contribution is 2.31. The molecule has 8 heteroatoms. The monoisotopic (exact) mass is 420 g/mol. The van der Waals surface area contributed by atoms with Crippen molar-refractivity contribution in [3.63, 3.8) is 0 Å². The molecule has 28 heavy (non-hydrogen) atoms. The van der Waals surface area contributed by atoms with Gasteiger partial charge < -0.3 is 5.32 Å². The van der Waals surface area contributed by atoms with E-state index in [0.29, 0.717) is 11.6 Å². The second-order valence-corrected chi connectivity index (χ2v) is 9.45. The summed E-state index contributed by atoms with van der Waals surface area (Å²) in [6, 6.07) is 11.7. The van der Waals surface area contributed by atoms with Gasteiger partial charge in [-0.15, -0.1) is 0 Å². The van der Waals surface area contributed by atoms with Crippen LogP contribution >= 0.6 is 11.6 Å². The van der Waals surface area contributed by atoms with Crippen LogP contribution in [0.15, 0.2) is 42.5 Å². The Hall–Kier alpha value is -2.38. The average molecular weight is 421 g/mol. The van der Waals surface area contributed by atoms with Crippen molar-refractivity contribution in [1.29, 1.82) is 0 Å². The van der Waals surface area contributed by atoms with Crippen LogP contribution in [0, 0.1) is 5.92 Å². The van der Waals surface area contributed by atoms with E-state index in [1.54, 1.807) is 6.92 Å². The van der Waals surface area contributed by atoms with Crippen LogP contribution in [0.25, 0.3) is 0 Å². The number of nitrogens with one attached hydrogen (secondary N) is 1. The van der Waals surface area contributed by atoms with Crippen LogP contribution in [0.4, 0.5) is 11.4 Å². The standard InChI is InChI=1S/C20H21ClN2O4S/c1-12(2)14-4-6-15(7-5-14)22-19(24)17-9-8-16(10-18(17)21)23-20(25)13(3)11-28(23,26)27/h4-10,12-13H,11H2,1-3H3,(H,22,24). The first kappa shape index (κ1) is 20.4. The lowest BCUT2D eigenvalue weighted by atomic mass is 10.0. The van der Waals surface area contributed by atoms with Crippen LogP contribution in [-0.2, 0) is 14.8 Å². The molecule has 0 aliphatic carbocycles. The van der Waals surface area contributed by atoms with Gasteiger partial charge in [0.2, 0.25) is 15.9 Å². The molecular weight excluding hydrogens is 400 g/mol. The van der Waals surface area contributed by atoms with Crippen molar-refractivity contribution >= 4 is 44.8 Å². The lowest BCUT2D eigenvalue weighted by Gasteiger charge is -2.16. The Labute approximate surface area is 169 Å². The zero-order valence-electron chi connectivity index (χ0n) is 15.8. The fourth-order valence-corrected chi connectivity index (χ4v) is 5.12. The number of hydrogen-bond donors (Lipinski definition) is 1. The maximum Gasteiger partial charge on any atom is 0.257 e. The van der Waals surface area contributed by atoms with Gasteiger partial charge in [0, 0.05) is 5.69 Å². The van der Waals surface area contributed by atoms with E-state index >= 15 is 0 Å². The van der Waals surface area contributed by atoms with E-state index in [9.17, 15) is 18.0 Å². The predicted octanol–water partition coefficient (Wildman–Crippen LogP) is 4.03. The van der Waals surface area contributed by atoms with Crippen molar-refractivity contribution in [1.82, 2.24) is 0 Å². The number of carbonyl (C=O) groups excluding carboxylic acids is 2. The lowest BCUT2D eigenvalue weighted by Crippen LogP contribution is -2.30. The Kier molecular flexibility index (Phi) is 5.50. The SMILES string of the molecule is CC1CS(=O)(=O)N(c2ccc(C(=O)Nc3ccc(C(C)C)cc3)c(Cl)c2)C1=O. The minimum Gasteiger partial charge on any atom is -0.322 e. The smallest absolute Gasteiger partial charge is 0.257 e. The van der Waals surface area contributed by atoms with E-state index in [0.717, 1.165) is 9.87 Å². The molecule has 1 saturated heterocycles. The highest BCUT2D eigenvalue weighted by atomic mass is 35.5. The first-order valence-electron chi connectivity index (χ1n) is 8.88. The topological polar surface area (TPSA) is 83.6 Å². The molecule has 2 aromatic carbocycles. The highest BCUT2D eigenvalue weighted by molar-refractivity contribution is 7.94. The van der Waals surface area contributed by atoms with E-state index in [-0.39, 0.29) is 22.0 Å². The number of halogens is 1. The summed E-state index contributed by atoms with van der Waals surface area (Å²) in [6.07, 6.45) is 0. The largest absolute Gasteiger partial charge is 0.322 e. The molecule has 0 saturated carbocycles. The molecule has 6 nitrogen and oxygen atoms in total. The second kappa shape index (κ2) is 7.56. The van der Waals surface area contributed by atoms with Crippen LogP contribution in [0.2, 0.25) is 5.02 Å². The van der Waals surface area contributed by atoms with E-state index in [1.165, 1.54) is 18.2 Å². The molecular formula is C20H21ClN2O4S. The molecule has 2 aromatic rings. The Morgan fingerprint density at radius 3 is 2.32 bits per heavy atom. The molecule has 0 radical (unpaired) electrons. The Morgan fingerprint density at radius 2 is 1.82 bits per heavy atom. The molecule has 1 fully saturated rings. The molecule has 0 bridgehead atoms. The number of anilines is 2. The minimum absolute atomic E-state index is 0.0661. The fraction of sp³-hybridized carbons (Fsp3) is 0.300. The number of nitrogens with zero attached hydrogens (tertiary/aromatic N) is 1. The van der Waals surface area contributed by atoms with Gasteiger partial charge in [0.25, 0.3) is 5.91 Å². The van der Waals surface area contributed by atoms with Crippen LogP contribution in [0.1, 0.15) is 42.6 Å². The van der Waals surface area contributed by atoms with Gasteiger partial charge >= 0.3 is 0 Å². The van der Waals surface area contributed by atoms with Gasteiger partial charge in [0.05, 0.1) is 27.9 Å². The van der Waals surface area contributed by atoms with Crippen LogP contribution < -0.4 is 9.62 Å². The lowest BCUT2D eigenvalue weighted by molar-refractivity contribution is -0.119. The third-order valence-corrected chi connectivity index (χ3v) is 6.81. The summed E-state index contributed by atoms with van der Waals surface area (Å²) in [4.78, 5) is 24.7. The fourth-order valence-electron chi connectivity index (χ4n) is 3.05. The van der Waals surface area contributed by atoms with Crippen LogP contribution in [0.5, 0.6) is 0 Å². The summed E-state index contributed by atoms with van der Waals surface area (Å²) in [5.41, 5.74) is 2.11. The molecule has 1 unspecified atom stereocenters. The average Bonchev–Trinajstić information content (AvgIpc) is 2.82. The molecule has 1 heterocycles. The van der Waals surface area contributed by atoms with E-state index < -0.39 is 27.8 Å². The highest BCUT2D eigenvalue weighted by Gasteiger charge is 2.42. The zero-order valence-corrected chi connectivity index (χ0v) is 17.3. The normalized spacial score (nSPS) is 18.5. The van der Waals surface area contributed by atoms with Crippen molar-refractivity contribution < 1.29 is 18.0 Å². The van der Waals surface area contributed by atoms with Crippen molar-refractivity contribution in [3.05, 3.63) is 58.6 Å². The van der Waals surface area contributed by atoms with Crippen molar-refractivity contribution in [2.75, 3.05) is 15.4 Å². The first-order valence-corrected chi connectivity index (χ1v) is 10.9. The third kappa shape index (κ3) is 3.91. The molecule has 148 valence electrons. The minimum atomic E-state index is -3.72. The summed E-state index contributed by atoms with van der Waals surface area (Å²) in [7, 11) is -3.72. The van der Waals surface area contributed by atoms with E-state index in [4.69, 9.17) is 11.6 Å². The van der Waals surface area contributed by atoms with Gasteiger partial charge in [-0.1, -0.05) is 44.5 Å². The molecule has 1 aliphatic rings. The van der Waals surface area contributed by atoms with Gasteiger partial charge in [-0.05, 0) is 41.8 Å². The maximum absolute atomic E-state index is 12.5. The van der Waals surface area contributed by atoms with Gasteiger partial charge in [0.15, 0.2) is 0 Å². The van der Waals surface area contributed by atoms with Crippen molar-refractivity contribution in [2.45, 2.75) is 26.7 Å². The number of carbonyl (C=O) groups is 2. The number of rotatable bonds is 4. The van der Waals surface area contributed by atoms with Gasteiger partial charge in [0.1, 0.15) is 0 Å². The third-order valence-electron chi connectivity index (χ3n) is 4.63. The first-order chi connectivity index (χ1) is 13.1. The maximum atomic E-state index is 12.5. The van der Waals surface area contributed by atoms with Gasteiger partial charge in [-0.25, -0.2) is 12.7 Å². The number of benzene rings is 2. The molecule has 0 aromatic heterocycles. The Bertz CT molecular complexity index is 1030. The number of hydrogen-bond acceptors (Lipinski definition) is 4. The summed E-state index contributed by atoms with van der Waals surface area (Å²) < 4.78 is 25.2. The Morgan fingerprint density at radius 1 is 1.18 bits per heavy atom. The molecule has 3 rings (SSSR count). The summed E-state index contributed by atoms with van der Waals surface area (Å²) in [5.74, 6) is -1.38. The van der Waals surface area contributed by atoms with Gasteiger partial charge in [-0.2, -0.15) is 0 Å². The summed E-state index contributed by atoms with van der Waals surface area (Å²) in [6.45, 7) is 5.73. The van der Waals surface area contributed by atoms with Crippen molar-refractivity contribution in [3.8, 4) is 0 Å². The molecule has 0 spiro atoms. The number of amides is 2. The quantitative estimate of drug-likeness (QED) is 0.809. The summed E-state index contributed by atoms with van der Waals surface area (Å²) in [5, 5.41) is 2.83. The molecule has 1 aliphatic heterocycles. The van der Waals surface area contributed by atoms with Crippen molar-refractivity contribution in [2.24, 2.45) is 5.92 Å². The molecule has 1 N–H and O–H groups in total. The predicted molar refractivity (Wildman–Crippen MR) is 110 cm³/mol. The van der Waals surface area contributed by atoms with Crippen LogP contribution in [-0.4, -0.2) is 26.0 Å². The molecule has 2 amide bonds. The van der Waals surface area contributed by atoms with Gasteiger partial charge in [-0.3, -0.25) is 9.59 Å². The van der Waals surface area contributed by atoms with E-state index in [2.05, 4.69) is 19.2 Å². The number of sulfonamides is 1. The second-order valence-electron chi connectivity index (χ2n) is 7.18. The summed E-state index contributed by atoms with van der Waals surface area (Å²) >= 11 is 6.22. The zero-order chi connectivity index (χ0) is 20.6. The van der Waals surface area contributed by atoms with Crippen LogP contribution in [0.3, 0.4) is 0 Å². The molecule has 1 atom stereocenters. The van der Waals surface area contributed by atoms with E-state index in [1.807, 2.05) is 24.3 Å². The Balaban J connectivity index is 1.82.